The normalized spacial score (nSPS) is 11.2. The van der Waals surface area contributed by atoms with E-state index in [-0.39, 0.29) is 11.5 Å². The molecular formula is C28H31N5O2. The van der Waals surface area contributed by atoms with Crippen molar-refractivity contribution in [3.05, 3.63) is 92.7 Å². The maximum absolute atomic E-state index is 13.5. The van der Waals surface area contributed by atoms with E-state index >= 15 is 0 Å². The summed E-state index contributed by atoms with van der Waals surface area (Å²) in [6, 6.07) is 9.64. The summed E-state index contributed by atoms with van der Waals surface area (Å²) in [6.45, 7) is 14.0. The Bertz CT molecular complexity index is 1460. The summed E-state index contributed by atoms with van der Waals surface area (Å²) >= 11 is 0. The Balaban J connectivity index is 1.75. The van der Waals surface area contributed by atoms with Gasteiger partial charge in [0.1, 0.15) is 18.2 Å². The van der Waals surface area contributed by atoms with Crippen LogP contribution in [0.3, 0.4) is 0 Å². The molecule has 4 aromatic rings. The molecule has 0 aliphatic rings. The Labute approximate surface area is 205 Å². The molecule has 0 unspecified atom stereocenters. The van der Waals surface area contributed by atoms with Crippen molar-refractivity contribution in [3.8, 4) is 22.8 Å². The quantitative estimate of drug-likeness (QED) is 0.380. The first-order chi connectivity index (χ1) is 16.7. The van der Waals surface area contributed by atoms with E-state index in [9.17, 15) is 4.79 Å². The number of hydrogen-bond donors (Lipinski definition) is 0. The van der Waals surface area contributed by atoms with Gasteiger partial charge < -0.3 is 4.74 Å². The largest absolute Gasteiger partial charge is 0.487 e. The van der Waals surface area contributed by atoms with E-state index in [0.29, 0.717) is 23.6 Å². The SMILES string of the molecule is Cc1cccc(COc2cc(C)n(-c3cc(-c4nc(C(C)C)ncc4C)ncc3C)c(=O)c2C)n1. The van der Waals surface area contributed by atoms with Crippen LogP contribution in [0.25, 0.3) is 17.1 Å². The van der Waals surface area contributed by atoms with Gasteiger partial charge in [0.2, 0.25) is 0 Å². The van der Waals surface area contributed by atoms with Crippen molar-refractivity contribution in [3.63, 3.8) is 0 Å². The van der Waals surface area contributed by atoms with Crippen LogP contribution in [0.4, 0.5) is 0 Å². The molecule has 0 N–H and O–H groups in total. The van der Waals surface area contributed by atoms with Crippen LogP contribution in [-0.2, 0) is 6.61 Å². The molecule has 0 amide bonds. The molecule has 0 bridgehead atoms. The zero-order valence-electron chi connectivity index (χ0n) is 21.4. The van der Waals surface area contributed by atoms with Crippen molar-refractivity contribution < 1.29 is 4.74 Å². The third kappa shape index (κ3) is 4.99. The Hall–Kier alpha value is -3.87. The van der Waals surface area contributed by atoms with Crippen LogP contribution in [0.1, 0.15) is 59.4 Å². The lowest BCUT2D eigenvalue weighted by Gasteiger charge is -2.18. The summed E-state index contributed by atoms with van der Waals surface area (Å²) in [5, 5.41) is 0. The number of nitrogens with zero attached hydrogens (tertiary/aromatic N) is 5. The predicted octanol–water partition coefficient (Wildman–Crippen LogP) is 5.33. The highest BCUT2D eigenvalue weighted by Gasteiger charge is 2.17. The first-order valence-electron chi connectivity index (χ1n) is 11.7. The van der Waals surface area contributed by atoms with Crippen molar-refractivity contribution in [2.45, 2.75) is 61.0 Å². The summed E-state index contributed by atoms with van der Waals surface area (Å²) in [4.78, 5) is 31.8. The Morgan fingerprint density at radius 3 is 2.40 bits per heavy atom. The van der Waals surface area contributed by atoms with Gasteiger partial charge in [0.25, 0.3) is 5.56 Å². The fraction of sp³-hybridized carbons (Fsp3) is 0.321. The van der Waals surface area contributed by atoms with Gasteiger partial charge >= 0.3 is 0 Å². The monoisotopic (exact) mass is 469 g/mol. The van der Waals surface area contributed by atoms with Gasteiger partial charge in [-0.1, -0.05) is 19.9 Å². The first kappa shape index (κ1) is 24.3. The highest BCUT2D eigenvalue weighted by Crippen LogP contribution is 2.26. The average molecular weight is 470 g/mol. The van der Waals surface area contributed by atoms with Crippen molar-refractivity contribution in [2.75, 3.05) is 0 Å². The number of ether oxygens (including phenoxy) is 1. The van der Waals surface area contributed by atoms with Gasteiger partial charge in [-0.15, -0.1) is 0 Å². The van der Waals surface area contributed by atoms with Gasteiger partial charge in [0, 0.05) is 35.8 Å². The van der Waals surface area contributed by atoms with E-state index in [1.54, 1.807) is 17.7 Å². The Morgan fingerprint density at radius 2 is 1.69 bits per heavy atom. The smallest absolute Gasteiger partial charge is 0.261 e. The van der Waals surface area contributed by atoms with E-state index in [1.165, 1.54) is 0 Å². The number of rotatable bonds is 6. The summed E-state index contributed by atoms with van der Waals surface area (Å²) < 4.78 is 7.72. The van der Waals surface area contributed by atoms with Gasteiger partial charge in [0.15, 0.2) is 0 Å². The van der Waals surface area contributed by atoms with Gasteiger partial charge in [-0.3, -0.25) is 19.3 Å². The maximum atomic E-state index is 13.5. The number of hydrogen-bond acceptors (Lipinski definition) is 6. The average Bonchev–Trinajstić information content (AvgIpc) is 2.82. The fourth-order valence-electron chi connectivity index (χ4n) is 3.95. The maximum Gasteiger partial charge on any atom is 0.261 e. The molecule has 7 nitrogen and oxygen atoms in total. The molecule has 0 aromatic carbocycles. The Kier molecular flexibility index (Phi) is 6.78. The van der Waals surface area contributed by atoms with Crippen molar-refractivity contribution in [1.29, 1.82) is 0 Å². The standard InChI is InChI=1S/C28H31N5O2/c1-16(2)27-30-14-18(4)26(32-27)23-12-24(17(3)13-29-23)33-20(6)11-25(21(7)28(33)34)35-15-22-10-8-9-19(5)31-22/h8-14,16H,15H2,1-7H3. The van der Waals surface area contributed by atoms with E-state index in [2.05, 4.69) is 28.8 Å². The highest BCUT2D eigenvalue weighted by molar-refractivity contribution is 5.62. The van der Waals surface area contributed by atoms with Crippen LogP contribution in [0.15, 0.2) is 47.5 Å². The summed E-state index contributed by atoms with van der Waals surface area (Å²) in [6.07, 6.45) is 3.62. The van der Waals surface area contributed by atoms with Gasteiger partial charge in [-0.05, 0) is 63.9 Å². The van der Waals surface area contributed by atoms with Crippen LogP contribution in [-0.4, -0.2) is 24.5 Å². The molecule has 4 heterocycles. The molecule has 0 radical (unpaired) electrons. The molecule has 0 saturated heterocycles. The summed E-state index contributed by atoms with van der Waals surface area (Å²) in [7, 11) is 0. The number of pyridine rings is 3. The van der Waals surface area contributed by atoms with Crippen LogP contribution < -0.4 is 10.3 Å². The van der Waals surface area contributed by atoms with Crippen molar-refractivity contribution in [2.24, 2.45) is 0 Å². The zero-order valence-corrected chi connectivity index (χ0v) is 21.4. The summed E-state index contributed by atoms with van der Waals surface area (Å²) in [5.74, 6) is 1.53. The molecule has 4 aromatic heterocycles. The second-order valence-electron chi connectivity index (χ2n) is 9.25. The number of aryl methyl sites for hydroxylation is 4. The summed E-state index contributed by atoms with van der Waals surface area (Å²) in [5.41, 5.74) is 7.03. The van der Waals surface area contributed by atoms with Crippen LogP contribution in [0, 0.1) is 34.6 Å². The van der Waals surface area contributed by atoms with E-state index < -0.39 is 0 Å². The van der Waals surface area contributed by atoms with Crippen LogP contribution in [0.5, 0.6) is 5.75 Å². The molecule has 35 heavy (non-hydrogen) atoms. The van der Waals surface area contributed by atoms with Gasteiger partial charge in [-0.25, -0.2) is 9.97 Å². The number of aromatic nitrogens is 5. The zero-order chi connectivity index (χ0) is 25.3. The lowest BCUT2D eigenvalue weighted by atomic mass is 10.1. The molecule has 0 fully saturated rings. The molecule has 180 valence electrons. The van der Waals surface area contributed by atoms with E-state index in [0.717, 1.165) is 45.4 Å². The second kappa shape index (κ2) is 9.78. The molecule has 7 heteroatoms. The van der Waals surface area contributed by atoms with Gasteiger partial charge in [0.05, 0.1) is 28.3 Å². The third-order valence-corrected chi connectivity index (χ3v) is 5.97. The molecule has 0 aliphatic heterocycles. The molecule has 0 saturated carbocycles. The first-order valence-corrected chi connectivity index (χ1v) is 11.7. The highest BCUT2D eigenvalue weighted by atomic mass is 16.5. The minimum atomic E-state index is -0.125. The third-order valence-electron chi connectivity index (χ3n) is 5.97. The molecular weight excluding hydrogens is 438 g/mol. The molecule has 4 rings (SSSR count). The molecule has 0 atom stereocenters. The van der Waals surface area contributed by atoms with Crippen molar-refractivity contribution in [1.82, 2.24) is 24.5 Å². The van der Waals surface area contributed by atoms with E-state index in [1.807, 2.05) is 64.2 Å². The lowest BCUT2D eigenvalue weighted by molar-refractivity contribution is 0.297. The van der Waals surface area contributed by atoms with Crippen LogP contribution >= 0.6 is 0 Å². The van der Waals surface area contributed by atoms with Crippen LogP contribution in [0.2, 0.25) is 0 Å². The van der Waals surface area contributed by atoms with Gasteiger partial charge in [-0.2, -0.15) is 0 Å². The second-order valence-corrected chi connectivity index (χ2v) is 9.25. The fourth-order valence-corrected chi connectivity index (χ4v) is 3.95. The topological polar surface area (TPSA) is 82.8 Å². The lowest BCUT2D eigenvalue weighted by Crippen LogP contribution is -2.24. The molecule has 0 aliphatic carbocycles. The van der Waals surface area contributed by atoms with E-state index in [4.69, 9.17) is 9.72 Å². The molecule has 0 spiro atoms. The van der Waals surface area contributed by atoms with Crippen molar-refractivity contribution >= 4 is 0 Å². The minimum absolute atomic E-state index is 0.125. The Morgan fingerprint density at radius 1 is 0.943 bits per heavy atom. The minimum Gasteiger partial charge on any atom is -0.487 e. The predicted molar refractivity (Wildman–Crippen MR) is 137 cm³/mol.